The van der Waals surface area contributed by atoms with Crippen LogP contribution in [0.25, 0.3) is 22.6 Å². The minimum atomic E-state index is -0.201. The number of carbonyl (C=O) groups is 1. The number of methoxy groups -OCH3 is 1. The molecular weight excluding hydrogens is 368 g/mol. The van der Waals surface area contributed by atoms with Gasteiger partial charge in [-0.15, -0.1) is 0 Å². The van der Waals surface area contributed by atoms with Crippen molar-refractivity contribution in [2.24, 2.45) is 0 Å². The Bertz CT molecular complexity index is 1150. The largest absolute Gasteiger partial charge is 0.497 e. The number of hydrogen-bond acceptors (Lipinski definition) is 5. The predicted octanol–water partition coefficient (Wildman–Crippen LogP) is 5.15. The summed E-state index contributed by atoms with van der Waals surface area (Å²) >= 11 is 0. The van der Waals surface area contributed by atoms with Crippen molar-refractivity contribution in [3.63, 3.8) is 0 Å². The minimum Gasteiger partial charge on any atom is -0.497 e. The molecule has 3 aromatic carbocycles. The van der Waals surface area contributed by atoms with Gasteiger partial charge in [-0.05, 0) is 61.5 Å². The van der Waals surface area contributed by atoms with Crippen molar-refractivity contribution in [3.05, 3.63) is 72.3 Å². The van der Waals surface area contributed by atoms with Gasteiger partial charge in [0, 0.05) is 22.9 Å². The van der Waals surface area contributed by atoms with Gasteiger partial charge in [-0.1, -0.05) is 6.07 Å². The van der Waals surface area contributed by atoms with E-state index in [0.29, 0.717) is 35.1 Å². The molecule has 29 heavy (non-hydrogen) atoms. The Morgan fingerprint density at radius 1 is 1.03 bits per heavy atom. The van der Waals surface area contributed by atoms with Crippen molar-refractivity contribution in [2.75, 3.05) is 19.0 Å². The lowest BCUT2D eigenvalue weighted by Crippen LogP contribution is -2.11. The van der Waals surface area contributed by atoms with E-state index >= 15 is 0 Å². The molecule has 6 heteroatoms. The molecule has 6 nitrogen and oxygen atoms in total. The first kappa shape index (κ1) is 18.6. The molecule has 146 valence electrons. The van der Waals surface area contributed by atoms with Crippen LogP contribution in [-0.2, 0) is 0 Å². The van der Waals surface area contributed by atoms with Crippen LogP contribution in [0.4, 0.5) is 5.69 Å². The molecule has 0 aliphatic carbocycles. The van der Waals surface area contributed by atoms with Gasteiger partial charge in [-0.3, -0.25) is 4.79 Å². The highest BCUT2D eigenvalue weighted by molar-refractivity contribution is 6.04. The summed E-state index contributed by atoms with van der Waals surface area (Å²) in [7, 11) is 1.61. The molecule has 1 N–H and O–H groups in total. The smallest absolute Gasteiger partial charge is 0.255 e. The molecule has 0 spiro atoms. The van der Waals surface area contributed by atoms with E-state index in [1.54, 1.807) is 25.3 Å². The zero-order chi connectivity index (χ0) is 20.2. The quantitative estimate of drug-likeness (QED) is 0.494. The van der Waals surface area contributed by atoms with Crippen LogP contribution in [-0.4, -0.2) is 24.6 Å². The number of oxazole rings is 1. The summed E-state index contributed by atoms with van der Waals surface area (Å²) in [5, 5.41) is 2.89. The highest BCUT2D eigenvalue weighted by atomic mass is 16.5. The molecule has 1 heterocycles. The van der Waals surface area contributed by atoms with E-state index in [1.807, 2.05) is 55.5 Å². The van der Waals surface area contributed by atoms with Gasteiger partial charge in [0.25, 0.3) is 5.91 Å². The van der Waals surface area contributed by atoms with Crippen molar-refractivity contribution in [3.8, 4) is 23.0 Å². The number of hydrogen-bond donors (Lipinski definition) is 1. The van der Waals surface area contributed by atoms with Crippen molar-refractivity contribution in [1.82, 2.24) is 4.98 Å². The van der Waals surface area contributed by atoms with Crippen LogP contribution in [0.5, 0.6) is 11.5 Å². The number of ether oxygens (including phenoxy) is 2. The lowest BCUT2D eigenvalue weighted by Gasteiger charge is -2.08. The van der Waals surface area contributed by atoms with Crippen molar-refractivity contribution < 1.29 is 18.7 Å². The molecule has 0 saturated carbocycles. The Hall–Kier alpha value is -3.80. The van der Waals surface area contributed by atoms with E-state index in [-0.39, 0.29) is 5.91 Å². The third kappa shape index (κ3) is 4.06. The monoisotopic (exact) mass is 388 g/mol. The van der Waals surface area contributed by atoms with Crippen LogP contribution in [0.2, 0.25) is 0 Å². The second kappa shape index (κ2) is 8.06. The molecule has 0 radical (unpaired) electrons. The summed E-state index contributed by atoms with van der Waals surface area (Å²) < 4.78 is 16.5. The average molecular weight is 388 g/mol. The van der Waals surface area contributed by atoms with Crippen LogP contribution < -0.4 is 14.8 Å². The summed E-state index contributed by atoms with van der Waals surface area (Å²) in [4.78, 5) is 17.0. The topological polar surface area (TPSA) is 73.6 Å². The van der Waals surface area contributed by atoms with E-state index in [1.165, 1.54) is 0 Å². The van der Waals surface area contributed by atoms with E-state index in [0.717, 1.165) is 16.8 Å². The molecule has 0 aliphatic heterocycles. The summed E-state index contributed by atoms with van der Waals surface area (Å²) in [6.45, 7) is 2.46. The van der Waals surface area contributed by atoms with Gasteiger partial charge in [0.2, 0.25) is 5.89 Å². The second-order valence-electron chi connectivity index (χ2n) is 6.34. The number of aromatic nitrogens is 1. The molecule has 0 bridgehead atoms. The molecule has 0 unspecified atom stereocenters. The fraction of sp³-hybridized carbons (Fsp3) is 0.130. The number of carbonyl (C=O) groups excluding carboxylic acids is 1. The van der Waals surface area contributed by atoms with Crippen LogP contribution in [0.15, 0.2) is 71.1 Å². The fourth-order valence-corrected chi connectivity index (χ4v) is 2.95. The number of fused-ring (bicyclic) bond motifs is 1. The summed E-state index contributed by atoms with van der Waals surface area (Å²) in [6.07, 6.45) is 0. The van der Waals surface area contributed by atoms with E-state index < -0.39 is 0 Å². The van der Waals surface area contributed by atoms with Crippen LogP contribution in [0.3, 0.4) is 0 Å². The number of rotatable bonds is 6. The first-order valence-corrected chi connectivity index (χ1v) is 9.25. The predicted molar refractivity (Wildman–Crippen MR) is 112 cm³/mol. The summed E-state index contributed by atoms with van der Waals surface area (Å²) in [5.74, 6) is 1.70. The molecule has 4 aromatic rings. The maximum atomic E-state index is 12.5. The van der Waals surface area contributed by atoms with Gasteiger partial charge >= 0.3 is 0 Å². The Balaban J connectivity index is 1.50. The zero-order valence-corrected chi connectivity index (χ0v) is 16.1. The maximum Gasteiger partial charge on any atom is 0.255 e. The number of nitrogens with one attached hydrogen (secondary N) is 1. The van der Waals surface area contributed by atoms with Crippen molar-refractivity contribution >= 4 is 22.7 Å². The minimum absolute atomic E-state index is 0.201. The molecule has 4 rings (SSSR count). The number of nitrogens with zero attached hydrogens (tertiary/aromatic N) is 1. The first-order valence-electron chi connectivity index (χ1n) is 9.25. The zero-order valence-electron chi connectivity index (χ0n) is 16.1. The lowest BCUT2D eigenvalue weighted by molar-refractivity contribution is 0.102. The van der Waals surface area contributed by atoms with Crippen LogP contribution in [0.1, 0.15) is 17.3 Å². The van der Waals surface area contributed by atoms with Gasteiger partial charge in [0.05, 0.1) is 13.7 Å². The molecule has 0 atom stereocenters. The molecule has 0 saturated heterocycles. The molecule has 1 aromatic heterocycles. The molecule has 1 amide bonds. The molecule has 0 fully saturated rings. The van der Waals surface area contributed by atoms with E-state index in [9.17, 15) is 4.79 Å². The van der Waals surface area contributed by atoms with Crippen LogP contribution >= 0.6 is 0 Å². The van der Waals surface area contributed by atoms with Crippen molar-refractivity contribution in [2.45, 2.75) is 6.92 Å². The van der Waals surface area contributed by atoms with Gasteiger partial charge in [0.15, 0.2) is 5.58 Å². The second-order valence-corrected chi connectivity index (χ2v) is 6.34. The van der Waals surface area contributed by atoms with E-state index in [4.69, 9.17) is 13.9 Å². The van der Waals surface area contributed by atoms with Gasteiger partial charge in [-0.2, -0.15) is 0 Å². The molecular formula is C23H20N2O4. The van der Waals surface area contributed by atoms with Crippen molar-refractivity contribution in [1.29, 1.82) is 0 Å². The Morgan fingerprint density at radius 2 is 1.86 bits per heavy atom. The summed E-state index contributed by atoms with van der Waals surface area (Å²) in [6, 6.07) is 19.9. The number of amides is 1. The van der Waals surface area contributed by atoms with Gasteiger partial charge in [0.1, 0.15) is 17.0 Å². The Morgan fingerprint density at radius 3 is 2.62 bits per heavy atom. The third-order valence-electron chi connectivity index (χ3n) is 4.39. The van der Waals surface area contributed by atoms with Crippen LogP contribution in [0, 0.1) is 0 Å². The summed E-state index contributed by atoms with van der Waals surface area (Å²) in [5.41, 5.74) is 3.45. The third-order valence-corrected chi connectivity index (χ3v) is 4.39. The highest BCUT2D eigenvalue weighted by Crippen LogP contribution is 2.27. The normalized spacial score (nSPS) is 10.7. The van der Waals surface area contributed by atoms with Gasteiger partial charge in [-0.25, -0.2) is 4.98 Å². The SMILES string of the molecule is CCOc1cccc(C(=O)Nc2ccc(-c3nc4cc(OC)ccc4o3)cc2)c1. The first-order chi connectivity index (χ1) is 14.2. The Kier molecular flexibility index (Phi) is 5.16. The maximum absolute atomic E-state index is 12.5. The highest BCUT2D eigenvalue weighted by Gasteiger charge is 2.11. The standard InChI is InChI=1S/C23H20N2O4/c1-3-28-19-6-4-5-16(13-19)22(26)24-17-9-7-15(8-10-17)23-25-20-14-18(27-2)11-12-21(20)29-23/h4-14H,3H2,1-2H3,(H,24,26). The Labute approximate surface area is 168 Å². The lowest BCUT2D eigenvalue weighted by atomic mass is 10.1. The average Bonchev–Trinajstić information content (AvgIpc) is 3.18. The van der Waals surface area contributed by atoms with Gasteiger partial charge < -0.3 is 19.2 Å². The number of anilines is 1. The van der Waals surface area contributed by atoms with E-state index in [2.05, 4.69) is 10.3 Å². The number of benzene rings is 3. The molecule has 0 aliphatic rings. The fourth-order valence-electron chi connectivity index (χ4n) is 2.95.